The molecule has 2 saturated carbocycles. The van der Waals surface area contributed by atoms with Gasteiger partial charge in [0.1, 0.15) is 12.4 Å². The maximum atomic E-state index is 15.5. The molecule has 206 valence electrons. The van der Waals surface area contributed by atoms with Gasteiger partial charge in [-0.05, 0) is 71.3 Å². The van der Waals surface area contributed by atoms with E-state index in [1.807, 2.05) is 12.1 Å². The van der Waals surface area contributed by atoms with Crippen LogP contribution in [0, 0.1) is 23.0 Å². The summed E-state index contributed by atoms with van der Waals surface area (Å²) in [5.74, 6) is -1.31. The fourth-order valence-corrected chi connectivity index (χ4v) is 6.18. The lowest BCUT2D eigenvalue weighted by atomic mass is 9.75. The number of pyridine rings is 1. The number of carboxylic acid groups (broad SMARTS) is 1. The number of carboxylic acids is 1. The van der Waals surface area contributed by atoms with Gasteiger partial charge >= 0.3 is 5.97 Å². The van der Waals surface area contributed by atoms with E-state index in [2.05, 4.69) is 24.9 Å². The summed E-state index contributed by atoms with van der Waals surface area (Å²) in [4.78, 5) is 15.4. The number of hydrogen-bond donors (Lipinski definition) is 1. The van der Waals surface area contributed by atoms with E-state index in [9.17, 15) is 14.3 Å². The number of rotatable bonds is 10. The highest BCUT2D eigenvalue weighted by Crippen LogP contribution is 2.51. The molecule has 1 heterocycles. The van der Waals surface area contributed by atoms with Crippen molar-refractivity contribution in [3.63, 3.8) is 0 Å². The predicted octanol–water partition coefficient (Wildman–Crippen LogP) is 7.88. The average molecular weight is 536 g/mol. The SMILES string of the molecule is COc1cc(-c2ccc(COc3cccc([C@@H](CC(=O)O)C4CC4)c3F)cc2[C@@H]2CCCC2(C)C)c(F)cn1. The molecule has 5 rings (SSSR count). The van der Waals surface area contributed by atoms with Crippen molar-refractivity contribution in [3.8, 4) is 22.8 Å². The standard InChI is InChI=1S/C32H35F2NO4/c1-32(2)13-5-7-26(32)24-14-19(9-12-21(24)25-15-29(38-3)35-17-27(25)33)18-39-28-8-4-6-22(31(28)34)23(16-30(36)37)20-10-11-20/h4,6,8-9,12,14-15,17,20,23,26H,5,7,10-11,13,16,18H2,1-3H3,(H,36,37)/t23-,26-/m0/s1. The van der Waals surface area contributed by atoms with Crippen molar-refractivity contribution in [3.05, 3.63) is 77.0 Å². The van der Waals surface area contributed by atoms with E-state index in [1.165, 1.54) is 13.3 Å². The second kappa shape index (κ2) is 10.9. The molecule has 2 aliphatic rings. The first kappa shape index (κ1) is 27.1. The Labute approximate surface area is 228 Å². The second-order valence-electron chi connectivity index (χ2n) is 11.6. The minimum atomic E-state index is -0.927. The first-order chi connectivity index (χ1) is 18.7. The van der Waals surface area contributed by atoms with Crippen LogP contribution in [0.3, 0.4) is 0 Å². The molecule has 1 aromatic heterocycles. The third kappa shape index (κ3) is 5.77. The fraction of sp³-hybridized carbons (Fsp3) is 0.438. The molecule has 2 aliphatic carbocycles. The van der Waals surface area contributed by atoms with Crippen LogP contribution in [0.5, 0.6) is 11.6 Å². The Bertz CT molecular complexity index is 1370. The minimum absolute atomic E-state index is 0.0459. The molecule has 7 heteroatoms. The topological polar surface area (TPSA) is 68.7 Å². The van der Waals surface area contributed by atoms with Gasteiger partial charge in [0, 0.05) is 17.5 Å². The maximum absolute atomic E-state index is 15.5. The van der Waals surface area contributed by atoms with Crippen molar-refractivity contribution in [2.75, 3.05) is 7.11 Å². The van der Waals surface area contributed by atoms with Crippen molar-refractivity contribution < 1.29 is 28.2 Å². The van der Waals surface area contributed by atoms with Crippen molar-refractivity contribution >= 4 is 5.97 Å². The molecule has 5 nitrogen and oxygen atoms in total. The molecule has 0 spiro atoms. The molecule has 2 aromatic carbocycles. The van der Waals surface area contributed by atoms with Crippen molar-refractivity contribution in [2.24, 2.45) is 11.3 Å². The molecule has 2 fully saturated rings. The van der Waals surface area contributed by atoms with Gasteiger partial charge in [-0.15, -0.1) is 0 Å². The van der Waals surface area contributed by atoms with E-state index in [-0.39, 0.29) is 41.9 Å². The van der Waals surface area contributed by atoms with Crippen LogP contribution >= 0.6 is 0 Å². The summed E-state index contributed by atoms with van der Waals surface area (Å²) in [6.07, 6.45) is 6.09. The Morgan fingerprint density at radius 3 is 2.59 bits per heavy atom. The number of halogens is 2. The lowest BCUT2D eigenvalue weighted by Crippen LogP contribution is -2.17. The van der Waals surface area contributed by atoms with Gasteiger partial charge in [-0.25, -0.2) is 13.8 Å². The zero-order chi connectivity index (χ0) is 27.7. The molecule has 1 N–H and O–H groups in total. The summed E-state index contributed by atoms with van der Waals surface area (Å²) in [5, 5.41) is 9.35. The van der Waals surface area contributed by atoms with Gasteiger partial charge < -0.3 is 14.6 Å². The zero-order valence-corrected chi connectivity index (χ0v) is 22.7. The quantitative estimate of drug-likeness (QED) is 0.286. The Kier molecular flexibility index (Phi) is 7.61. The summed E-state index contributed by atoms with van der Waals surface area (Å²) in [6, 6.07) is 12.4. The number of hydrogen-bond acceptors (Lipinski definition) is 4. The van der Waals surface area contributed by atoms with Crippen LogP contribution < -0.4 is 9.47 Å². The summed E-state index contributed by atoms with van der Waals surface area (Å²) >= 11 is 0. The Morgan fingerprint density at radius 1 is 1.13 bits per heavy atom. The normalized spacial score (nSPS) is 19.1. The summed E-state index contributed by atoms with van der Waals surface area (Å²) < 4.78 is 41.7. The first-order valence-corrected chi connectivity index (χ1v) is 13.6. The average Bonchev–Trinajstić information content (AvgIpc) is 3.69. The molecule has 0 radical (unpaired) electrons. The molecule has 0 unspecified atom stereocenters. The highest BCUT2D eigenvalue weighted by molar-refractivity contribution is 5.70. The Morgan fingerprint density at radius 2 is 1.92 bits per heavy atom. The van der Waals surface area contributed by atoms with Gasteiger partial charge in [0.25, 0.3) is 0 Å². The summed E-state index contributed by atoms with van der Waals surface area (Å²) in [5.41, 5.74) is 3.58. The highest BCUT2D eigenvalue weighted by atomic mass is 19.1. The molecule has 2 atom stereocenters. The minimum Gasteiger partial charge on any atom is -0.486 e. The van der Waals surface area contributed by atoms with Gasteiger partial charge in [0.15, 0.2) is 11.6 Å². The highest BCUT2D eigenvalue weighted by Gasteiger charge is 2.38. The number of aliphatic carboxylic acids is 1. The molecule has 0 saturated heterocycles. The molecule has 39 heavy (non-hydrogen) atoms. The van der Waals surface area contributed by atoms with Gasteiger partial charge in [-0.1, -0.05) is 50.6 Å². The first-order valence-electron chi connectivity index (χ1n) is 13.6. The Balaban J connectivity index is 1.46. The third-order valence-electron chi connectivity index (χ3n) is 8.45. The van der Waals surface area contributed by atoms with E-state index in [0.29, 0.717) is 17.0 Å². The van der Waals surface area contributed by atoms with Crippen LogP contribution in [0.15, 0.2) is 48.7 Å². The molecule has 0 aliphatic heterocycles. The van der Waals surface area contributed by atoms with Crippen LogP contribution in [0.2, 0.25) is 0 Å². The van der Waals surface area contributed by atoms with Gasteiger partial charge in [0.2, 0.25) is 5.88 Å². The van der Waals surface area contributed by atoms with Gasteiger partial charge in [0.05, 0.1) is 19.7 Å². The van der Waals surface area contributed by atoms with E-state index in [1.54, 1.807) is 24.3 Å². The number of benzene rings is 2. The van der Waals surface area contributed by atoms with Crippen molar-refractivity contribution in [1.82, 2.24) is 4.98 Å². The largest absolute Gasteiger partial charge is 0.486 e. The van der Waals surface area contributed by atoms with E-state index in [0.717, 1.165) is 48.8 Å². The summed E-state index contributed by atoms with van der Waals surface area (Å²) in [6.45, 7) is 4.63. The predicted molar refractivity (Wildman–Crippen MR) is 145 cm³/mol. The van der Waals surface area contributed by atoms with Crippen molar-refractivity contribution in [2.45, 2.75) is 70.8 Å². The monoisotopic (exact) mass is 535 g/mol. The van der Waals surface area contributed by atoms with Crippen LogP contribution in [-0.2, 0) is 11.4 Å². The zero-order valence-electron chi connectivity index (χ0n) is 22.7. The number of methoxy groups -OCH3 is 1. The van der Waals surface area contributed by atoms with Gasteiger partial charge in [-0.3, -0.25) is 4.79 Å². The van der Waals surface area contributed by atoms with Gasteiger partial charge in [-0.2, -0.15) is 0 Å². The molecule has 0 amide bonds. The number of aromatic nitrogens is 1. The van der Waals surface area contributed by atoms with E-state index < -0.39 is 17.6 Å². The van der Waals surface area contributed by atoms with E-state index in [4.69, 9.17) is 9.47 Å². The van der Waals surface area contributed by atoms with Crippen molar-refractivity contribution in [1.29, 1.82) is 0 Å². The number of carbonyl (C=O) groups is 1. The fourth-order valence-electron chi connectivity index (χ4n) is 6.18. The van der Waals surface area contributed by atoms with Crippen LogP contribution in [0.1, 0.15) is 80.9 Å². The Hall–Kier alpha value is -3.48. The molecule has 3 aromatic rings. The number of nitrogens with zero attached hydrogens (tertiary/aromatic N) is 1. The summed E-state index contributed by atoms with van der Waals surface area (Å²) in [7, 11) is 1.51. The lowest BCUT2D eigenvalue weighted by molar-refractivity contribution is -0.137. The van der Waals surface area contributed by atoms with Crippen LogP contribution in [-0.4, -0.2) is 23.2 Å². The second-order valence-corrected chi connectivity index (χ2v) is 11.6. The van der Waals surface area contributed by atoms with Crippen LogP contribution in [0.25, 0.3) is 11.1 Å². The lowest BCUT2D eigenvalue weighted by Gasteiger charge is -2.30. The molecule has 0 bridgehead atoms. The molecular formula is C32H35F2NO4. The maximum Gasteiger partial charge on any atom is 0.303 e. The van der Waals surface area contributed by atoms with E-state index >= 15 is 4.39 Å². The third-order valence-corrected chi connectivity index (χ3v) is 8.45. The molecular weight excluding hydrogens is 500 g/mol. The number of ether oxygens (including phenoxy) is 2. The smallest absolute Gasteiger partial charge is 0.303 e. The van der Waals surface area contributed by atoms with Crippen LogP contribution in [0.4, 0.5) is 8.78 Å².